The van der Waals surface area contributed by atoms with Gasteiger partial charge in [-0.15, -0.1) is 0 Å². The average Bonchev–Trinajstić information content (AvgIpc) is 2.72. The van der Waals surface area contributed by atoms with Crippen LogP contribution in [0.25, 0.3) is 0 Å². The van der Waals surface area contributed by atoms with Crippen LogP contribution in [0.5, 0.6) is 11.5 Å². The third-order valence-corrected chi connectivity index (χ3v) is 3.78. The summed E-state index contributed by atoms with van der Waals surface area (Å²) in [6, 6.07) is 13.0. The fraction of sp³-hybridized carbons (Fsp3) is 0.158. The van der Waals surface area contributed by atoms with E-state index in [4.69, 9.17) is 14.6 Å². The molecule has 1 heterocycles. The third-order valence-electron chi connectivity index (χ3n) is 3.78. The van der Waals surface area contributed by atoms with Crippen molar-refractivity contribution in [3.8, 4) is 11.5 Å². The minimum Gasteiger partial charge on any atom is -0.485 e. The highest BCUT2D eigenvalue weighted by molar-refractivity contribution is 5.90. The fourth-order valence-electron chi connectivity index (χ4n) is 2.36. The van der Waals surface area contributed by atoms with E-state index in [1.807, 2.05) is 0 Å². The number of rotatable bonds is 6. The Morgan fingerprint density at radius 2 is 1.82 bits per heavy atom. The Balaban J connectivity index is 1.43. The summed E-state index contributed by atoms with van der Waals surface area (Å²) in [5.74, 6) is -0.989. The minimum absolute atomic E-state index is 0.0506. The Kier molecular flexibility index (Phi) is 5.85. The molecule has 0 aromatic heterocycles. The predicted molar refractivity (Wildman–Crippen MR) is 98.5 cm³/mol. The molecule has 0 spiro atoms. The number of nitrogens with zero attached hydrogens (tertiary/aromatic N) is 1. The first-order valence-corrected chi connectivity index (χ1v) is 8.34. The van der Waals surface area contributed by atoms with E-state index in [2.05, 4.69) is 15.8 Å². The summed E-state index contributed by atoms with van der Waals surface area (Å²) >= 11 is 0. The van der Waals surface area contributed by atoms with Gasteiger partial charge < -0.3 is 19.9 Å². The normalized spacial score (nSPS) is 15.1. The van der Waals surface area contributed by atoms with Crippen molar-refractivity contribution in [1.82, 2.24) is 10.7 Å². The molecule has 3 rings (SSSR count). The molecule has 1 atom stereocenters. The Labute approximate surface area is 160 Å². The quantitative estimate of drug-likeness (QED) is 0.500. The summed E-state index contributed by atoms with van der Waals surface area (Å²) in [6.45, 7) is -0.232. The van der Waals surface area contributed by atoms with Gasteiger partial charge in [-0.3, -0.25) is 9.59 Å². The largest absolute Gasteiger partial charge is 0.485 e. The van der Waals surface area contributed by atoms with Gasteiger partial charge in [-0.1, -0.05) is 24.3 Å². The zero-order valence-electron chi connectivity index (χ0n) is 14.6. The zero-order valence-corrected chi connectivity index (χ0v) is 14.6. The first kappa shape index (κ1) is 18.9. The van der Waals surface area contributed by atoms with Crippen LogP contribution in [-0.4, -0.2) is 48.4 Å². The number of para-hydroxylation sites is 2. The van der Waals surface area contributed by atoms with E-state index in [0.717, 1.165) is 0 Å². The standard InChI is InChI=1S/C19H17N3O6/c23-17(22-21-9-12-5-7-13(8-6-12)19(25)26)10-20-18(24)16-11-27-14-3-1-2-4-15(14)28-16/h1-9,16H,10-11H2,(H,20,24)(H,22,23)(H,25,26)/b21-9+. The second-order valence-electron chi connectivity index (χ2n) is 5.80. The van der Waals surface area contributed by atoms with Crippen LogP contribution in [0.3, 0.4) is 0 Å². The molecule has 1 aliphatic heterocycles. The topological polar surface area (TPSA) is 126 Å². The van der Waals surface area contributed by atoms with E-state index in [-0.39, 0.29) is 18.7 Å². The maximum absolute atomic E-state index is 12.1. The van der Waals surface area contributed by atoms with E-state index >= 15 is 0 Å². The second kappa shape index (κ2) is 8.67. The number of hydrogen-bond donors (Lipinski definition) is 3. The van der Waals surface area contributed by atoms with Crippen LogP contribution in [0.15, 0.2) is 53.6 Å². The molecule has 1 unspecified atom stereocenters. The number of carbonyl (C=O) groups excluding carboxylic acids is 2. The van der Waals surface area contributed by atoms with Crippen molar-refractivity contribution in [3.63, 3.8) is 0 Å². The summed E-state index contributed by atoms with van der Waals surface area (Å²) in [4.78, 5) is 34.7. The van der Waals surface area contributed by atoms with Gasteiger partial charge in [0.05, 0.1) is 18.3 Å². The molecule has 0 bridgehead atoms. The molecule has 9 heteroatoms. The van der Waals surface area contributed by atoms with Crippen LogP contribution in [0.1, 0.15) is 15.9 Å². The first-order valence-electron chi connectivity index (χ1n) is 8.34. The molecule has 0 fully saturated rings. The lowest BCUT2D eigenvalue weighted by Gasteiger charge is -2.25. The van der Waals surface area contributed by atoms with Gasteiger partial charge in [0, 0.05) is 0 Å². The van der Waals surface area contributed by atoms with Gasteiger partial charge in [-0.05, 0) is 29.8 Å². The summed E-state index contributed by atoms with van der Waals surface area (Å²) in [7, 11) is 0. The monoisotopic (exact) mass is 383 g/mol. The molecule has 2 aromatic carbocycles. The number of ether oxygens (including phenoxy) is 2. The van der Waals surface area contributed by atoms with Gasteiger partial charge in [-0.25, -0.2) is 10.2 Å². The van der Waals surface area contributed by atoms with Crippen molar-refractivity contribution in [1.29, 1.82) is 0 Å². The van der Waals surface area contributed by atoms with Crippen molar-refractivity contribution in [2.75, 3.05) is 13.2 Å². The average molecular weight is 383 g/mol. The summed E-state index contributed by atoms with van der Waals surface area (Å²) in [5.41, 5.74) is 3.03. The van der Waals surface area contributed by atoms with Crippen molar-refractivity contribution in [3.05, 3.63) is 59.7 Å². The van der Waals surface area contributed by atoms with E-state index in [1.165, 1.54) is 18.3 Å². The second-order valence-corrected chi connectivity index (χ2v) is 5.80. The molecular weight excluding hydrogens is 366 g/mol. The highest BCUT2D eigenvalue weighted by Gasteiger charge is 2.27. The highest BCUT2D eigenvalue weighted by atomic mass is 16.6. The molecule has 0 aliphatic carbocycles. The molecular formula is C19H17N3O6. The van der Waals surface area contributed by atoms with Crippen LogP contribution in [0, 0.1) is 0 Å². The fourth-order valence-corrected chi connectivity index (χ4v) is 2.36. The number of hydrazone groups is 1. The van der Waals surface area contributed by atoms with Crippen LogP contribution < -0.4 is 20.2 Å². The molecule has 144 valence electrons. The van der Waals surface area contributed by atoms with Gasteiger partial charge in [-0.2, -0.15) is 5.10 Å². The lowest BCUT2D eigenvalue weighted by atomic mass is 10.1. The molecule has 1 aliphatic rings. The Bertz CT molecular complexity index is 910. The highest BCUT2D eigenvalue weighted by Crippen LogP contribution is 2.30. The van der Waals surface area contributed by atoms with Crippen molar-refractivity contribution in [2.45, 2.75) is 6.10 Å². The summed E-state index contributed by atoms with van der Waals surface area (Å²) < 4.78 is 11.0. The third kappa shape index (κ3) is 4.85. The van der Waals surface area contributed by atoms with E-state index in [9.17, 15) is 14.4 Å². The molecule has 0 saturated carbocycles. The van der Waals surface area contributed by atoms with Crippen molar-refractivity contribution >= 4 is 24.0 Å². The molecule has 2 amide bonds. The van der Waals surface area contributed by atoms with E-state index < -0.39 is 23.9 Å². The molecule has 0 radical (unpaired) electrons. The lowest BCUT2D eigenvalue weighted by molar-refractivity contribution is -0.132. The van der Waals surface area contributed by atoms with Gasteiger partial charge in [0.2, 0.25) is 6.10 Å². The number of fused-ring (bicyclic) bond motifs is 1. The molecule has 9 nitrogen and oxygen atoms in total. The number of carboxylic acids is 1. The van der Waals surface area contributed by atoms with E-state index in [0.29, 0.717) is 17.1 Å². The maximum atomic E-state index is 12.1. The maximum Gasteiger partial charge on any atom is 0.335 e. The molecule has 28 heavy (non-hydrogen) atoms. The summed E-state index contributed by atoms with van der Waals surface area (Å²) in [5, 5.41) is 15.0. The Morgan fingerprint density at radius 1 is 1.11 bits per heavy atom. The molecule has 0 saturated heterocycles. The van der Waals surface area contributed by atoms with Gasteiger partial charge in [0.25, 0.3) is 11.8 Å². The predicted octanol–water partition coefficient (Wildman–Crippen LogP) is 0.791. The van der Waals surface area contributed by atoms with Gasteiger partial charge in [0.15, 0.2) is 11.5 Å². The minimum atomic E-state index is -1.02. The Morgan fingerprint density at radius 3 is 2.54 bits per heavy atom. The number of benzene rings is 2. The van der Waals surface area contributed by atoms with Crippen LogP contribution in [-0.2, 0) is 9.59 Å². The Hall–Kier alpha value is -3.88. The molecule has 2 aromatic rings. The van der Waals surface area contributed by atoms with Crippen LogP contribution >= 0.6 is 0 Å². The number of carboxylic acid groups (broad SMARTS) is 1. The number of nitrogens with one attached hydrogen (secondary N) is 2. The lowest BCUT2D eigenvalue weighted by Crippen LogP contribution is -2.46. The number of amides is 2. The first-order chi connectivity index (χ1) is 13.5. The van der Waals surface area contributed by atoms with Gasteiger partial charge >= 0.3 is 5.97 Å². The van der Waals surface area contributed by atoms with Gasteiger partial charge in [0.1, 0.15) is 6.61 Å². The smallest absolute Gasteiger partial charge is 0.335 e. The number of aromatic carboxylic acids is 1. The van der Waals surface area contributed by atoms with Crippen molar-refractivity contribution in [2.24, 2.45) is 5.10 Å². The SMILES string of the molecule is O=C(CNC(=O)C1COc2ccccc2O1)N/N=C/c1ccc(C(=O)O)cc1. The number of carbonyl (C=O) groups is 3. The number of hydrogen-bond acceptors (Lipinski definition) is 6. The van der Waals surface area contributed by atoms with Crippen molar-refractivity contribution < 1.29 is 29.0 Å². The van der Waals surface area contributed by atoms with Crippen LogP contribution in [0.2, 0.25) is 0 Å². The summed E-state index contributed by atoms with van der Waals surface area (Å²) in [6.07, 6.45) is 0.513. The van der Waals surface area contributed by atoms with Crippen LogP contribution in [0.4, 0.5) is 0 Å². The van der Waals surface area contributed by atoms with E-state index in [1.54, 1.807) is 36.4 Å². The molecule has 3 N–H and O–H groups in total. The zero-order chi connectivity index (χ0) is 19.9.